The van der Waals surface area contributed by atoms with E-state index in [2.05, 4.69) is 22.9 Å². The van der Waals surface area contributed by atoms with Crippen LogP contribution in [0.15, 0.2) is 18.3 Å². The van der Waals surface area contributed by atoms with Crippen LogP contribution in [0.25, 0.3) is 0 Å². The number of hydrogen-bond acceptors (Lipinski definition) is 3. The number of pyridine rings is 1. The van der Waals surface area contributed by atoms with Crippen molar-refractivity contribution in [3.05, 3.63) is 24.0 Å². The Labute approximate surface area is 104 Å². The summed E-state index contributed by atoms with van der Waals surface area (Å²) in [5, 5.41) is 0. The van der Waals surface area contributed by atoms with Crippen molar-refractivity contribution in [1.29, 1.82) is 0 Å². The van der Waals surface area contributed by atoms with Gasteiger partial charge in [-0.25, -0.2) is 0 Å². The monoisotopic (exact) mass is 233 g/mol. The van der Waals surface area contributed by atoms with Gasteiger partial charge in [-0.05, 0) is 37.8 Å². The van der Waals surface area contributed by atoms with Crippen LogP contribution in [0.5, 0.6) is 0 Å². The highest BCUT2D eigenvalue weighted by Crippen LogP contribution is 2.26. The first kappa shape index (κ1) is 12.4. The average Bonchev–Trinajstić information content (AvgIpc) is 2.78. The van der Waals surface area contributed by atoms with Gasteiger partial charge in [0.1, 0.15) is 0 Å². The Kier molecular flexibility index (Phi) is 4.00. The van der Waals surface area contributed by atoms with Crippen molar-refractivity contribution < 1.29 is 0 Å². The van der Waals surface area contributed by atoms with E-state index in [0.29, 0.717) is 0 Å². The van der Waals surface area contributed by atoms with Crippen LogP contribution in [-0.2, 0) is 0 Å². The molecule has 0 bridgehead atoms. The quantitative estimate of drug-likeness (QED) is 0.869. The van der Waals surface area contributed by atoms with Gasteiger partial charge in [0, 0.05) is 19.1 Å². The van der Waals surface area contributed by atoms with Crippen LogP contribution in [0.4, 0.5) is 5.69 Å². The molecule has 1 aromatic rings. The van der Waals surface area contributed by atoms with E-state index in [-0.39, 0.29) is 6.04 Å². The third-order valence-corrected chi connectivity index (χ3v) is 3.59. The summed E-state index contributed by atoms with van der Waals surface area (Å²) in [5.74, 6) is 0.869. The van der Waals surface area contributed by atoms with E-state index < -0.39 is 0 Å². The minimum absolute atomic E-state index is 0.0236. The molecule has 1 aliphatic rings. The van der Waals surface area contributed by atoms with Gasteiger partial charge in [-0.2, -0.15) is 0 Å². The maximum atomic E-state index is 5.80. The molecule has 0 aromatic carbocycles. The van der Waals surface area contributed by atoms with Gasteiger partial charge in [-0.1, -0.05) is 13.3 Å². The zero-order valence-electron chi connectivity index (χ0n) is 10.9. The van der Waals surface area contributed by atoms with Crippen LogP contribution in [0.2, 0.25) is 0 Å². The second-order valence-corrected chi connectivity index (χ2v) is 5.12. The van der Waals surface area contributed by atoms with E-state index >= 15 is 0 Å². The molecule has 2 rings (SSSR count). The molecule has 1 aliphatic heterocycles. The van der Waals surface area contributed by atoms with E-state index in [9.17, 15) is 0 Å². The molecule has 1 fully saturated rings. The highest BCUT2D eigenvalue weighted by atomic mass is 15.2. The van der Waals surface area contributed by atoms with Gasteiger partial charge >= 0.3 is 0 Å². The van der Waals surface area contributed by atoms with Crippen molar-refractivity contribution in [3.63, 3.8) is 0 Å². The first-order chi connectivity index (χ1) is 8.20. The second kappa shape index (κ2) is 5.50. The Bertz CT molecular complexity index is 345. The number of nitrogens with two attached hydrogens (primary N) is 1. The molecule has 1 aromatic heterocycles. The zero-order valence-corrected chi connectivity index (χ0v) is 10.9. The SMILES string of the molecule is CCCC1CCN(c2ccc([C@H](C)N)nc2)C1. The van der Waals surface area contributed by atoms with Crippen LogP contribution in [0, 0.1) is 5.92 Å². The molecule has 0 radical (unpaired) electrons. The van der Waals surface area contributed by atoms with Gasteiger partial charge in [0.25, 0.3) is 0 Å². The molecule has 2 atom stereocenters. The molecule has 3 heteroatoms. The molecular weight excluding hydrogens is 210 g/mol. The highest BCUT2D eigenvalue weighted by Gasteiger charge is 2.21. The number of rotatable bonds is 4. The van der Waals surface area contributed by atoms with Gasteiger partial charge < -0.3 is 10.6 Å². The average molecular weight is 233 g/mol. The number of anilines is 1. The van der Waals surface area contributed by atoms with E-state index in [0.717, 1.165) is 11.6 Å². The maximum Gasteiger partial charge on any atom is 0.0569 e. The molecule has 1 unspecified atom stereocenters. The summed E-state index contributed by atoms with van der Waals surface area (Å²) in [5.41, 5.74) is 8.02. The summed E-state index contributed by atoms with van der Waals surface area (Å²) in [6, 6.07) is 4.23. The largest absolute Gasteiger partial charge is 0.370 e. The summed E-state index contributed by atoms with van der Waals surface area (Å²) in [6.45, 7) is 6.59. The summed E-state index contributed by atoms with van der Waals surface area (Å²) >= 11 is 0. The second-order valence-electron chi connectivity index (χ2n) is 5.12. The molecule has 0 saturated carbocycles. The standard InChI is InChI=1S/C14H23N3/c1-3-4-12-7-8-17(10-12)13-5-6-14(11(2)15)16-9-13/h5-6,9,11-12H,3-4,7-8,10,15H2,1-2H3/t11-,12?/m0/s1. The zero-order chi connectivity index (χ0) is 12.3. The Morgan fingerprint density at radius 1 is 1.53 bits per heavy atom. The molecule has 1 saturated heterocycles. The highest BCUT2D eigenvalue weighted by molar-refractivity contribution is 5.45. The van der Waals surface area contributed by atoms with Gasteiger partial charge in [-0.3, -0.25) is 4.98 Å². The predicted molar refractivity (Wildman–Crippen MR) is 72.1 cm³/mol. The van der Waals surface area contributed by atoms with E-state index in [4.69, 9.17) is 5.73 Å². The summed E-state index contributed by atoms with van der Waals surface area (Å²) in [6.07, 6.45) is 5.93. The lowest BCUT2D eigenvalue weighted by molar-refractivity contribution is 0.530. The lowest BCUT2D eigenvalue weighted by Crippen LogP contribution is -2.20. The molecular formula is C14H23N3. The van der Waals surface area contributed by atoms with Crippen LogP contribution in [0.1, 0.15) is 44.8 Å². The fourth-order valence-corrected chi connectivity index (χ4v) is 2.56. The minimum atomic E-state index is 0.0236. The van der Waals surface area contributed by atoms with Gasteiger partial charge in [0.15, 0.2) is 0 Å². The van der Waals surface area contributed by atoms with Crippen molar-refractivity contribution in [2.75, 3.05) is 18.0 Å². The van der Waals surface area contributed by atoms with E-state index in [1.54, 1.807) is 0 Å². The molecule has 3 nitrogen and oxygen atoms in total. The predicted octanol–water partition coefficient (Wildman–Crippen LogP) is 2.73. The van der Waals surface area contributed by atoms with Crippen molar-refractivity contribution in [1.82, 2.24) is 4.98 Å². The van der Waals surface area contributed by atoms with Gasteiger partial charge in [-0.15, -0.1) is 0 Å². The lowest BCUT2D eigenvalue weighted by atomic mass is 10.0. The molecule has 0 amide bonds. The third kappa shape index (κ3) is 2.97. The summed E-state index contributed by atoms with van der Waals surface area (Å²) < 4.78 is 0. The lowest BCUT2D eigenvalue weighted by Gasteiger charge is -2.18. The van der Waals surface area contributed by atoms with Crippen LogP contribution in [-0.4, -0.2) is 18.1 Å². The Hall–Kier alpha value is -1.09. The number of hydrogen-bond donors (Lipinski definition) is 1. The third-order valence-electron chi connectivity index (χ3n) is 3.59. The molecule has 0 spiro atoms. The Balaban J connectivity index is 1.99. The van der Waals surface area contributed by atoms with Crippen molar-refractivity contribution in [2.24, 2.45) is 11.7 Å². The van der Waals surface area contributed by atoms with Crippen molar-refractivity contribution in [2.45, 2.75) is 39.2 Å². The van der Waals surface area contributed by atoms with E-state index in [1.165, 1.54) is 38.0 Å². The van der Waals surface area contributed by atoms with Crippen molar-refractivity contribution >= 4 is 5.69 Å². The first-order valence-electron chi connectivity index (χ1n) is 6.67. The molecule has 2 N–H and O–H groups in total. The normalized spacial score (nSPS) is 21.8. The number of nitrogens with zero attached hydrogens (tertiary/aromatic N) is 2. The van der Waals surface area contributed by atoms with Gasteiger partial charge in [0.05, 0.1) is 17.6 Å². The summed E-state index contributed by atoms with van der Waals surface area (Å²) in [4.78, 5) is 6.87. The fourth-order valence-electron chi connectivity index (χ4n) is 2.56. The Morgan fingerprint density at radius 2 is 2.35 bits per heavy atom. The topological polar surface area (TPSA) is 42.1 Å². The fraction of sp³-hybridized carbons (Fsp3) is 0.643. The number of aromatic nitrogens is 1. The smallest absolute Gasteiger partial charge is 0.0569 e. The Morgan fingerprint density at radius 3 is 2.94 bits per heavy atom. The van der Waals surface area contributed by atoms with Crippen LogP contribution < -0.4 is 10.6 Å². The molecule has 0 aliphatic carbocycles. The van der Waals surface area contributed by atoms with Crippen molar-refractivity contribution in [3.8, 4) is 0 Å². The van der Waals surface area contributed by atoms with E-state index in [1.807, 2.05) is 19.2 Å². The molecule has 94 valence electrons. The molecule has 2 heterocycles. The summed E-state index contributed by atoms with van der Waals surface area (Å²) in [7, 11) is 0. The van der Waals surface area contributed by atoms with Crippen LogP contribution >= 0.6 is 0 Å². The maximum absolute atomic E-state index is 5.80. The molecule has 17 heavy (non-hydrogen) atoms. The first-order valence-corrected chi connectivity index (χ1v) is 6.67. The van der Waals surface area contributed by atoms with Gasteiger partial charge in [0.2, 0.25) is 0 Å². The van der Waals surface area contributed by atoms with Crippen LogP contribution in [0.3, 0.4) is 0 Å². The minimum Gasteiger partial charge on any atom is -0.370 e.